The normalized spacial score (nSPS) is 61.6. The third-order valence-corrected chi connectivity index (χ3v) is 10.3. The first-order valence-corrected chi connectivity index (χ1v) is 10.6. The lowest BCUT2D eigenvalue weighted by molar-refractivity contribution is -0.170. The third-order valence-electron chi connectivity index (χ3n) is 8.77. The first-order chi connectivity index (χ1) is 10.6. The van der Waals surface area contributed by atoms with Crippen LogP contribution in [0.5, 0.6) is 0 Å². The van der Waals surface area contributed by atoms with Crippen LogP contribution in [0, 0.1) is 40.4 Å². The fourth-order valence-corrected chi connectivity index (χ4v) is 8.71. The van der Waals surface area contributed by atoms with Gasteiger partial charge in [-0.05, 0) is 85.9 Å². The molecule has 2 bridgehead atoms. The zero-order chi connectivity index (χ0) is 16.8. The van der Waals surface area contributed by atoms with Gasteiger partial charge in [-0.3, -0.25) is 0 Å². The second kappa shape index (κ2) is 4.98. The van der Waals surface area contributed by atoms with Crippen LogP contribution in [-0.4, -0.2) is 26.7 Å². The monoisotopic (exact) mass is 384 g/mol. The van der Waals surface area contributed by atoms with Crippen molar-refractivity contribution in [1.82, 2.24) is 0 Å². The maximum Gasteiger partial charge on any atom is 0.0656 e. The molecule has 4 aliphatic carbocycles. The number of rotatable bonds is 1. The Morgan fingerprint density at radius 1 is 1.13 bits per heavy atom. The van der Waals surface area contributed by atoms with Gasteiger partial charge in [0, 0.05) is 4.83 Å². The molecule has 9 unspecified atom stereocenters. The first kappa shape index (κ1) is 16.8. The predicted molar refractivity (Wildman–Crippen MR) is 96.4 cm³/mol. The molecule has 0 aliphatic heterocycles. The van der Waals surface area contributed by atoms with Gasteiger partial charge in [0.05, 0.1) is 11.7 Å². The van der Waals surface area contributed by atoms with Crippen LogP contribution in [0.25, 0.3) is 0 Å². The molecule has 132 valence electrons. The second-order valence-electron chi connectivity index (χ2n) is 10.1. The predicted octanol–water partition coefficient (Wildman–Crippen LogP) is 4.37. The van der Waals surface area contributed by atoms with Gasteiger partial charge in [0.15, 0.2) is 0 Å². The number of fused-ring (bicyclic) bond motifs is 1. The molecule has 4 saturated carbocycles. The molecule has 0 heterocycles. The van der Waals surface area contributed by atoms with Gasteiger partial charge in [-0.25, -0.2) is 0 Å². The zero-order valence-corrected chi connectivity index (χ0v) is 16.6. The van der Waals surface area contributed by atoms with E-state index in [0.29, 0.717) is 28.5 Å². The summed E-state index contributed by atoms with van der Waals surface area (Å²) in [5.74, 6) is 2.67. The van der Waals surface area contributed by atoms with Crippen LogP contribution in [-0.2, 0) is 0 Å². The highest BCUT2D eigenvalue weighted by molar-refractivity contribution is 9.09. The Labute approximate surface area is 149 Å². The summed E-state index contributed by atoms with van der Waals surface area (Å²) in [6.07, 6.45) is 6.44. The molecule has 2 nitrogen and oxygen atoms in total. The Morgan fingerprint density at radius 2 is 1.83 bits per heavy atom. The molecule has 0 amide bonds. The van der Waals surface area contributed by atoms with E-state index in [1.54, 1.807) is 0 Å². The van der Waals surface area contributed by atoms with Gasteiger partial charge in [0.25, 0.3) is 0 Å². The summed E-state index contributed by atoms with van der Waals surface area (Å²) in [4.78, 5) is 0.507. The Bertz CT molecular complexity index is 504. The van der Waals surface area contributed by atoms with Gasteiger partial charge >= 0.3 is 0 Å². The molecule has 4 fully saturated rings. The van der Waals surface area contributed by atoms with Gasteiger partial charge in [-0.2, -0.15) is 0 Å². The third kappa shape index (κ3) is 1.99. The molecular formula is C20H33BrO2. The number of aliphatic hydroxyl groups is 2. The van der Waals surface area contributed by atoms with Gasteiger partial charge < -0.3 is 10.2 Å². The molecule has 4 rings (SSSR count). The van der Waals surface area contributed by atoms with Crippen LogP contribution in [0.1, 0.15) is 66.2 Å². The molecule has 23 heavy (non-hydrogen) atoms. The van der Waals surface area contributed by atoms with Gasteiger partial charge in [-0.1, -0.05) is 36.7 Å². The molecule has 3 heteroatoms. The van der Waals surface area contributed by atoms with Crippen molar-refractivity contribution in [3.63, 3.8) is 0 Å². The van der Waals surface area contributed by atoms with Crippen LogP contribution in [0.2, 0.25) is 0 Å². The summed E-state index contributed by atoms with van der Waals surface area (Å²) >= 11 is 3.98. The van der Waals surface area contributed by atoms with E-state index in [0.717, 1.165) is 25.2 Å². The first-order valence-electron chi connectivity index (χ1n) is 9.68. The summed E-state index contributed by atoms with van der Waals surface area (Å²) < 4.78 is 0. The van der Waals surface area contributed by atoms with Crippen LogP contribution < -0.4 is 0 Å². The molecule has 4 aliphatic rings. The minimum absolute atomic E-state index is 0.135. The Morgan fingerprint density at radius 3 is 2.48 bits per heavy atom. The highest BCUT2D eigenvalue weighted by Crippen LogP contribution is 2.75. The van der Waals surface area contributed by atoms with Crippen LogP contribution in [0.4, 0.5) is 0 Å². The van der Waals surface area contributed by atoms with E-state index in [-0.39, 0.29) is 16.9 Å². The van der Waals surface area contributed by atoms with Gasteiger partial charge in [0.2, 0.25) is 0 Å². The van der Waals surface area contributed by atoms with E-state index in [9.17, 15) is 10.2 Å². The smallest absolute Gasteiger partial charge is 0.0656 e. The summed E-state index contributed by atoms with van der Waals surface area (Å²) in [5, 5.41) is 22.1. The van der Waals surface area contributed by atoms with Crippen LogP contribution >= 0.6 is 15.9 Å². The topological polar surface area (TPSA) is 40.5 Å². The van der Waals surface area contributed by atoms with Gasteiger partial charge in [0.1, 0.15) is 0 Å². The Balaban J connectivity index is 1.82. The highest BCUT2D eigenvalue weighted by atomic mass is 79.9. The highest BCUT2D eigenvalue weighted by Gasteiger charge is 2.72. The average Bonchev–Trinajstić information content (AvgIpc) is 2.92. The van der Waals surface area contributed by atoms with Crippen LogP contribution in [0.15, 0.2) is 0 Å². The van der Waals surface area contributed by atoms with E-state index in [1.165, 1.54) is 19.3 Å². The van der Waals surface area contributed by atoms with E-state index in [1.807, 2.05) is 0 Å². The maximum atomic E-state index is 11.4. The fraction of sp³-hybridized carbons (Fsp3) is 1.00. The van der Waals surface area contributed by atoms with E-state index in [4.69, 9.17) is 0 Å². The minimum Gasteiger partial charge on any atom is -0.393 e. The minimum atomic E-state index is -0.580. The van der Waals surface area contributed by atoms with Crippen molar-refractivity contribution in [2.24, 2.45) is 40.4 Å². The van der Waals surface area contributed by atoms with Crippen LogP contribution in [0.3, 0.4) is 0 Å². The summed E-state index contributed by atoms with van der Waals surface area (Å²) in [6, 6.07) is 0. The molecule has 0 aromatic rings. The standard InChI is InChI=1S/C20H33BrO2/c1-11(2)13-9-12-14(22)10-20(13)8-7-18(3)15(21)5-6-19(4,23)17(18)16(12)20/h11-17,22-23H,5-10H2,1-4H3. The molecule has 9 atom stereocenters. The summed E-state index contributed by atoms with van der Waals surface area (Å²) in [5.41, 5.74) is -0.121. The van der Waals surface area contributed by atoms with Crippen molar-refractivity contribution in [2.75, 3.05) is 0 Å². The number of halogens is 1. The molecular weight excluding hydrogens is 352 g/mol. The Kier molecular flexibility index (Phi) is 3.65. The van der Waals surface area contributed by atoms with E-state index < -0.39 is 5.60 Å². The molecule has 0 spiro atoms. The van der Waals surface area contributed by atoms with Crippen molar-refractivity contribution in [2.45, 2.75) is 82.8 Å². The maximum absolute atomic E-state index is 11.4. The van der Waals surface area contributed by atoms with Crippen molar-refractivity contribution in [3.8, 4) is 0 Å². The lowest BCUT2D eigenvalue weighted by Crippen LogP contribution is -2.61. The Hall–Kier alpha value is 0.400. The lowest BCUT2D eigenvalue weighted by Gasteiger charge is -2.62. The van der Waals surface area contributed by atoms with Crippen molar-refractivity contribution >= 4 is 15.9 Å². The second-order valence-corrected chi connectivity index (χ2v) is 11.2. The molecule has 0 saturated heterocycles. The van der Waals surface area contributed by atoms with E-state index >= 15 is 0 Å². The summed E-state index contributed by atoms with van der Waals surface area (Å²) in [6.45, 7) is 9.22. The van der Waals surface area contributed by atoms with E-state index in [2.05, 4.69) is 43.6 Å². The van der Waals surface area contributed by atoms with Gasteiger partial charge in [-0.15, -0.1) is 0 Å². The summed E-state index contributed by atoms with van der Waals surface area (Å²) in [7, 11) is 0. The zero-order valence-electron chi connectivity index (χ0n) is 15.1. The van der Waals surface area contributed by atoms with Crippen molar-refractivity contribution in [3.05, 3.63) is 0 Å². The number of hydrogen-bond acceptors (Lipinski definition) is 2. The quantitative estimate of drug-likeness (QED) is 0.658. The number of alkyl halides is 1. The fourth-order valence-electron chi connectivity index (χ4n) is 7.96. The largest absolute Gasteiger partial charge is 0.393 e. The number of hydrogen-bond donors (Lipinski definition) is 2. The molecule has 0 aromatic carbocycles. The number of aliphatic hydroxyl groups excluding tert-OH is 1. The SMILES string of the molecule is CC(C)C1CC2C(O)CC13CCC1(C)C(Br)CCC(C)(O)C1C23. The van der Waals surface area contributed by atoms with Crippen molar-refractivity contribution in [1.29, 1.82) is 0 Å². The average molecular weight is 385 g/mol. The molecule has 0 aromatic heterocycles. The molecule has 0 radical (unpaired) electrons. The lowest BCUT2D eigenvalue weighted by atomic mass is 9.45. The molecule has 2 N–H and O–H groups in total. The van der Waals surface area contributed by atoms with Crippen molar-refractivity contribution < 1.29 is 10.2 Å².